The third-order valence-corrected chi connectivity index (χ3v) is 5.61. The number of fused-ring (bicyclic) bond motifs is 1. The highest BCUT2D eigenvalue weighted by Gasteiger charge is 2.45. The second kappa shape index (κ2) is 5.72. The zero-order chi connectivity index (χ0) is 17.5. The van der Waals surface area contributed by atoms with Gasteiger partial charge in [-0.3, -0.25) is 9.59 Å². The molecule has 1 aliphatic rings. The SMILES string of the molecule is CC(C(=O)Nc1ccc(F)cc1)N1C(=O)c2ccccc2S1(=O)=O. The number of sulfonamides is 1. The van der Waals surface area contributed by atoms with Crippen molar-refractivity contribution in [3.05, 3.63) is 59.9 Å². The molecule has 3 rings (SSSR count). The highest BCUT2D eigenvalue weighted by Crippen LogP contribution is 2.31. The molecule has 124 valence electrons. The van der Waals surface area contributed by atoms with Crippen molar-refractivity contribution >= 4 is 27.5 Å². The summed E-state index contributed by atoms with van der Waals surface area (Å²) >= 11 is 0. The number of benzene rings is 2. The van der Waals surface area contributed by atoms with E-state index in [-0.39, 0.29) is 10.5 Å². The molecule has 2 aromatic carbocycles. The van der Waals surface area contributed by atoms with E-state index in [0.29, 0.717) is 9.99 Å². The molecule has 1 atom stereocenters. The van der Waals surface area contributed by atoms with Crippen LogP contribution >= 0.6 is 0 Å². The van der Waals surface area contributed by atoms with Gasteiger partial charge in [0.25, 0.3) is 15.9 Å². The van der Waals surface area contributed by atoms with Gasteiger partial charge in [0, 0.05) is 5.69 Å². The van der Waals surface area contributed by atoms with Crippen LogP contribution in [0.2, 0.25) is 0 Å². The molecule has 0 aromatic heterocycles. The minimum Gasteiger partial charge on any atom is -0.324 e. The summed E-state index contributed by atoms with van der Waals surface area (Å²) in [6.45, 7) is 1.32. The zero-order valence-electron chi connectivity index (χ0n) is 12.6. The molecule has 24 heavy (non-hydrogen) atoms. The molecule has 0 bridgehead atoms. The number of amides is 2. The van der Waals surface area contributed by atoms with E-state index >= 15 is 0 Å². The number of anilines is 1. The van der Waals surface area contributed by atoms with Gasteiger partial charge in [-0.25, -0.2) is 17.1 Å². The Bertz CT molecular complexity index is 925. The lowest BCUT2D eigenvalue weighted by atomic mass is 10.2. The van der Waals surface area contributed by atoms with Gasteiger partial charge in [-0.05, 0) is 43.3 Å². The van der Waals surface area contributed by atoms with Crippen LogP contribution in [0.3, 0.4) is 0 Å². The maximum Gasteiger partial charge on any atom is 0.269 e. The van der Waals surface area contributed by atoms with E-state index < -0.39 is 33.7 Å². The molecule has 1 unspecified atom stereocenters. The monoisotopic (exact) mass is 348 g/mol. The average molecular weight is 348 g/mol. The first-order chi connectivity index (χ1) is 11.3. The van der Waals surface area contributed by atoms with Crippen LogP contribution in [0.1, 0.15) is 17.3 Å². The topological polar surface area (TPSA) is 83.6 Å². The van der Waals surface area contributed by atoms with Gasteiger partial charge in [0.05, 0.1) is 5.56 Å². The Morgan fingerprint density at radius 2 is 1.75 bits per heavy atom. The molecule has 0 aliphatic carbocycles. The van der Waals surface area contributed by atoms with Crippen LogP contribution in [0, 0.1) is 5.82 Å². The number of nitrogens with one attached hydrogen (secondary N) is 1. The van der Waals surface area contributed by atoms with Gasteiger partial charge in [0.1, 0.15) is 16.8 Å². The number of hydrogen-bond donors (Lipinski definition) is 1. The van der Waals surface area contributed by atoms with Crippen LogP contribution < -0.4 is 5.32 Å². The van der Waals surface area contributed by atoms with E-state index in [2.05, 4.69) is 5.32 Å². The quantitative estimate of drug-likeness (QED) is 0.919. The number of halogens is 1. The minimum absolute atomic E-state index is 0.0407. The van der Waals surface area contributed by atoms with E-state index in [1.807, 2.05) is 0 Å². The molecular formula is C16H13FN2O4S. The van der Waals surface area contributed by atoms with E-state index in [9.17, 15) is 22.4 Å². The molecule has 0 spiro atoms. The summed E-state index contributed by atoms with van der Waals surface area (Å²) in [5, 5.41) is 2.47. The molecule has 0 saturated carbocycles. The predicted octanol–water partition coefficient (Wildman–Crippen LogP) is 2.00. The van der Waals surface area contributed by atoms with E-state index in [4.69, 9.17) is 0 Å². The fourth-order valence-corrected chi connectivity index (χ4v) is 4.20. The highest BCUT2D eigenvalue weighted by molar-refractivity contribution is 7.90. The fraction of sp³-hybridized carbons (Fsp3) is 0.125. The molecule has 1 heterocycles. The van der Waals surface area contributed by atoms with Gasteiger partial charge in [0.2, 0.25) is 5.91 Å². The van der Waals surface area contributed by atoms with Crippen molar-refractivity contribution in [1.82, 2.24) is 4.31 Å². The Kier molecular flexibility index (Phi) is 3.84. The Morgan fingerprint density at radius 1 is 1.12 bits per heavy atom. The largest absolute Gasteiger partial charge is 0.324 e. The molecule has 0 saturated heterocycles. The molecule has 2 aromatic rings. The molecular weight excluding hydrogens is 335 g/mol. The minimum atomic E-state index is -4.08. The molecule has 2 amide bonds. The summed E-state index contributed by atoms with van der Waals surface area (Å²) in [6, 6.07) is 9.55. The van der Waals surface area contributed by atoms with Crippen molar-refractivity contribution in [2.45, 2.75) is 17.9 Å². The van der Waals surface area contributed by atoms with Gasteiger partial charge < -0.3 is 5.32 Å². The maximum absolute atomic E-state index is 12.9. The number of nitrogens with zero attached hydrogens (tertiary/aromatic N) is 1. The smallest absolute Gasteiger partial charge is 0.269 e. The van der Waals surface area contributed by atoms with Crippen LogP contribution in [0.4, 0.5) is 10.1 Å². The van der Waals surface area contributed by atoms with Crippen molar-refractivity contribution in [2.24, 2.45) is 0 Å². The number of carbonyl (C=O) groups excluding carboxylic acids is 2. The number of rotatable bonds is 3. The summed E-state index contributed by atoms with van der Waals surface area (Å²) in [5.74, 6) is -1.90. The summed E-state index contributed by atoms with van der Waals surface area (Å²) in [5.41, 5.74) is 0.341. The highest BCUT2D eigenvalue weighted by atomic mass is 32.2. The van der Waals surface area contributed by atoms with Crippen molar-refractivity contribution in [3.8, 4) is 0 Å². The van der Waals surface area contributed by atoms with Crippen LogP contribution in [-0.4, -0.2) is 30.6 Å². The Hall–Kier alpha value is -2.74. The van der Waals surface area contributed by atoms with Crippen LogP contribution in [-0.2, 0) is 14.8 Å². The van der Waals surface area contributed by atoms with Gasteiger partial charge in [0.15, 0.2) is 0 Å². The molecule has 1 N–H and O–H groups in total. The summed E-state index contributed by atoms with van der Waals surface area (Å²) in [4.78, 5) is 24.6. The Balaban J connectivity index is 1.87. The lowest BCUT2D eigenvalue weighted by Crippen LogP contribution is -2.45. The molecule has 0 radical (unpaired) electrons. The summed E-state index contributed by atoms with van der Waals surface area (Å²) < 4.78 is 38.5. The van der Waals surface area contributed by atoms with Crippen molar-refractivity contribution in [1.29, 1.82) is 0 Å². The average Bonchev–Trinajstić information content (AvgIpc) is 2.76. The van der Waals surface area contributed by atoms with E-state index in [1.54, 1.807) is 6.07 Å². The van der Waals surface area contributed by atoms with Gasteiger partial charge in [-0.2, -0.15) is 0 Å². The fourth-order valence-electron chi connectivity index (χ4n) is 2.47. The lowest BCUT2D eigenvalue weighted by Gasteiger charge is -2.22. The van der Waals surface area contributed by atoms with Gasteiger partial charge in [-0.15, -0.1) is 0 Å². The van der Waals surface area contributed by atoms with Crippen LogP contribution in [0.15, 0.2) is 53.4 Å². The molecule has 8 heteroatoms. The summed E-state index contributed by atoms with van der Waals surface area (Å²) in [6.07, 6.45) is 0. The second-order valence-corrected chi connectivity index (χ2v) is 7.06. The first-order valence-corrected chi connectivity index (χ1v) is 8.50. The first kappa shape index (κ1) is 16.1. The maximum atomic E-state index is 12.9. The Morgan fingerprint density at radius 3 is 2.38 bits per heavy atom. The van der Waals surface area contributed by atoms with Crippen molar-refractivity contribution in [2.75, 3.05) is 5.32 Å². The van der Waals surface area contributed by atoms with Crippen LogP contribution in [0.5, 0.6) is 0 Å². The molecule has 6 nitrogen and oxygen atoms in total. The van der Waals surface area contributed by atoms with Gasteiger partial charge in [-0.1, -0.05) is 12.1 Å². The normalized spacial score (nSPS) is 16.6. The standard InChI is InChI=1S/C16H13FN2O4S/c1-10(15(20)18-12-8-6-11(17)7-9-12)19-16(21)13-4-2-3-5-14(13)24(19,22)23/h2-10H,1H3,(H,18,20). The lowest BCUT2D eigenvalue weighted by molar-refractivity contribution is -0.118. The van der Waals surface area contributed by atoms with Crippen LogP contribution in [0.25, 0.3) is 0 Å². The second-order valence-electron chi connectivity index (χ2n) is 5.27. The third-order valence-electron chi connectivity index (χ3n) is 3.70. The first-order valence-electron chi connectivity index (χ1n) is 7.06. The number of hydrogen-bond acceptors (Lipinski definition) is 4. The van der Waals surface area contributed by atoms with Crippen molar-refractivity contribution < 1.29 is 22.4 Å². The zero-order valence-corrected chi connectivity index (χ0v) is 13.4. The third kappa shape index (κ3) is 2.54. The molecule has 1 aliphatic heterocycles. The van der Waals surface area contributed by atoms with Gasteiger partial charge >= 0.3 is 0 Å². The molecule has 0 fully saturated rings. The van der Waals surface area contributed by atoms with E-state index in [0.717, 1.165) is 12.1 Å². The Labute approximate surface area is 138 Å². The van der Waals surface area contributed by atoms with Crippen molar-refractivity contribution in [3.63, 3.8) is 0 Å². The summed E-state index contributed by atoms with van der Waals surface area (Å²) in [7, 11) is -4.08. The van der Waals surface area contributed by atoms with E-state index in [1.165, 1.54) is 37.3 Å². The predicted molar refractivity (Wildman–Crippen MR) is 84.3 cm³/mol. The number of carbonyl (C=O) groups is 2.